The summed E-state index contributed by atoms with van der Waals surface area (Å²) in [5.41, 5.74) is 3.58. The Morgan fingerprint density at radius 1 is 1.11 bits per heavy atom. The molecule has 0 radical (unpaired) electrons. The predicted molar refractivity (Wildman–Crippen MR) is 105 cm³/mol. The molecule has 0 spiro atoms. The Morgan fingerprint density at radius 3 is 2.33 bits per heavy atom. The van der Waals surface area contributed by atoms with E-state index in [1.54, 1.807) is 13.1 Å². The second-order valence-corrected chi connectivity index (χ2v) is 7.98. The summed E-state index contributed by atoms with van der Waals surface area (Å²) >= 11 is 0. The summed E-state index contributed by atoms with van der Waals surface area (Å²) in [5, 5.41) is 9.56. The standard InChI is InChI=1S/C20H28N4O3/c1-13-8-7-9-15(14(13)2)21-17(25)11-24(6)12-18(26)22-19-10-16(23-27-19)20(3,4)5/h7-10H,11-12H2,1-6H3,(H,21,25)(H,22,26)/p+1. The Hall–Kier alpha value is -2.67. The third-order valence-electron chi connectivity index (χ3n) is 4.34. The second-order valence-electron chi connectivity index (χ2n) is 7.98. The molecule has 0 aliphatic rings. The molecule has 1 atom stereocenters. The number of aromatic nitrogens is 1. The van der Waals surface area contributed by atoms with Crippen LogP contribution in [0.15, 0.2) is 28.8 Å². The highest BCUT2D eigenvalue weighted by atomic mass is 16.5. The molecule has 27 heavy (non-hydrogen) atoms. The molecule has 0 bridgehead atoms. The average molecular weight is 373 g/mol. The SMILES string of the molecule is Cc1cccc(NC(=O)C[NH+](C)CC(=O)Nc2cc(C(C)(C)C)no2)c1C. The first-order valence-electron chi connectivity index (χ1n) is 9.00. The molecule has 1 unspecified atom stereocenters. The van der Waals surface area contributed by atoms with Gasteiger partial charge in [-0.2, -0.15) is 0 Å². The van der Waals surface area contributed by atoms with Gasteiger partial charge in [0, 0.05) is 17.2 Å². The number of quaternary nitrogens is 1. The topological polar surface area (TPSA) is 88.7 Å². The van der Waals surface area contributed by atoms with E-state index in [-0.39, 0.29) is 30.3 Å². The van der Waals surface area contributed by atoms with Crippen molar-refractivity contribution >= 4 is 23.4 Å². The molecule has 1 heterocycles. The molecule has 3 N–H and O–H groups in total. The number of nitrogens with zero attached hydrogens (tertiary/aromatic N) is 1. The zero-order valence-electron chi connectivity index (χ0n) is 16.9. The lowest BCUT2D eigenvalue weighted by molar-refractivity contribution is -0.862. The van der Waals surface area contributed by atoms with Crippen LogP contribution >= 0.6 is 0 Å². The molecule has 0 aliphatic carbocycles. The van der Waals surface area contributed by atoms with Crippen molar-refractivity contribution < 1.29 is 19.0 Å². The zero-order chi connectivity index (χ0) is 20.2. The minimum Gasteiger partial charge on any atom is -0.338 e. The van der Waals surface area contributed by atoms with Crippen molar-refractivity contribution in [3.05, 3.63) is 41.1 Å². The Bertz CT molecular complexity index is 821. The van der Waals surface area contributed by atoms with Gasteiger partial charge in [0.2, 0.25) is 5.88 Å². The first-order valence-corrected chi connectivity index (χ1v) is 9.00. The van der Waals surface area contributed by atoms with Crippen molar-refractivity contribution in [3.63, 3.8) is 0 Å². The largest absolute Gasteiger partial charge is 0.338 e. The Balaban J connectivity index is 1.84. The Morgan fingerprint density at radius 2 is 1.74 bits per heavy atom. The fraction of sp³-hybridized carbons (Fsp3) is 0.450. The summed E-state index contributed by atoms with van der Waals surface area (Å²) in [7, 11) is 1.79. The van der Waals surface area contributed by atoms with E-state index in [9.17, 15) is 9.59 Å². The van der Waals surface area contributed by atoms with Gasteiger partial charge in [-0.25, -0.2) is 0 Å². The fourth-order valence-electron chi connectivity index (χ4n) is 2.56. The molecular formula is C20H29N4O3+. The van der Waals surface area contributed by atoms with Crippen LogP contribution in [0.3, 0.4) is 0 Å². The van der Waals surface area contributed by atoms with Crippen molar-refractivity contribution in [1.82, 2.24) is 5.16 Å². The molecule has 7 nitrogen and oxygen atoms in total. The van der Waals surface area contributed by atoms with E-state index in [4.69, 9.17) is 4.52 Å². The lowest BCUT2D eigenvalue weighted by atomic mass is 9.92. The molecule has 1 aromatic heterocycles. The summed E-state index contributed by atoms with van der Waals surface area (Å²) in [5.74, 6) is -0.0510. The van der Waals surface area contributed by atoms with E-state index in [0.717, 1.165) is 27.4 Å². The van der Waals surface area contributed by atoms with Gasteiger partial charge in [0.1, 0.15) is 0 Å². The van der Waals surface area contributed by atoms with Gasteiger partial charge in [-0.1, -0.05) is 38.1 Å². The first kappa shape index (κ1) is 20.6. The molecule has 0 saturated heterocycles. The van der Waals surface area contributed by atoms with Gasteiger partial charge in [0.05, 0.1) is 12.7 Å². The van der Waals surface area contributed by atoms with Crippen molar-refractivity contribution in [3.8, 4) is 0 Å². The number of hydrogen-bond donors (Lipinski definition) is 3. The number of carbonyl (C=O) groups is 2. The van der Waals surface area contributed by atoms with Crippen LogP contribution in [0.25, 0.3) is 0 Å². The van der Waals surface area contributed by atoms with Crippen molar-refractivity contribution in [2.24, 2.45) is 0 Å². The molecule has 2 amide bonds. The van der Waals surface area contributed by atoms with Gasteiger partial charge in [0.15, 0.2) is 13.1 Å². The minimum absolute atomic E-state index is 0.135. The summed E-state index contributed by atoms with van der Waals surface area (Å²) < 4.78 is 5.16. The summed E-state index contributed by atoms with van der Waals surface area (Å²) in [4.78, 5) is 25.2. The van der Waals surface area contributed by atoms with Crippen LogP contribution in [0.5, 0.6) is 0 Å². The molecule has 7 heteroatoms. The predicted octanol–water partition coefficient (Wildman–Crippen LogP) is 1.68. The molecule has 2 rings (SSSR count). The monoisotopic (exact) mass is 373 g/mol. The molecule has 0 saturated carbocycles. The van der Waals surface area contributed by atoms with E-state index in [0.29, 0.717) is 5.88 Å². The van der Waals surface area contributed by atoms with Crippen LogP contribution in [-0.4, -0.2) is 37.1 Å². The number of aryl methyl sites for hydroxylation is 1. The van der Waals surface area contributed by atoms with Gasteiger partial charge in [-0.3, -0.25) is 14.9 Å². The molecule has 0 aliphatic heterocycles. The van der Waals surface area contributed by atoms with Gasteiger partial charge >= 0.3 is 0 Å². The normalized spacial score (nSPS) is 12.5. The second kappa shape index (κ2) is 8.35. The number of likely N-dealkylation sites (N-methyl/N-ethyl adjacent to an activating group) is 1. The number of carbonyl (C=O) groups excluding carboxylic acids is 2. The van der Waals surface area contributed by atoms with E-state index in [2.05, 4.69) is 15.8 Å². The van der Waals surface area contributed by atoms with E-state index in [1.165, 1.54) is 0 Å². The van der Waals surface area contributed by atoms with Gasteiger partial charge in [-0.05, 0) is 31.0 Å². The van der Waals surface area contributed by atoms with Crippen LogP contribution in [0.4, 0.5) is 11.6 Å². The Kier molecular flexibility index (Phi) is 6.38. The van der Waals surface area contributed by atoms with Crippen molar-refractivity contribution in [1.29, 1.82) is 0 Å². The molecule has 1 aromatic carbocycles. The zero-order valence-corrected chi connectivity index (χ0v) is 16.9. The number of nitrogens with one attached hydrogen (secondary N) is 3. The third kappa shape index (κ3) is 5.92. The van der Waals surface area contributed by atoms with Crippen molar-refractivity contribution in [2.75, 3.05) is 30.8 Å². The van der Waals surface area contributed by atoms with Crippen molar-refractivity contribution in [2.45, 2.75) is 40.0 Å². The number of hydrogen-bond acceptors (Lipinski definition) is 4. The highest BCUT2D eigenvalue weighted by Gasteiger charge is 2.21. The average Bonchev–Trinajstić information content (AvgIpc) is 3.00. The maximum absolute atomic E-state index is 12.2. The maximum Gasteiger partial charge on any atom is 0.281 e. The number of rotatable bonds is 6. The summed E-state index contributed by atoms with van der Waals surface area (Å²) in [6, 6.07) is 7.51. The van der Waals surface area contributed by atoms with E-state index >= 15 is 0 Å². The summed E-state index contributed by atoms with van der Waals surface area (Å²) in [6.07, 6.45) is 0. The fourth-order valence-corrected chi connectivity index (χ4v) is 2.56. The smallest absolute Gasteiger partial charge is 0.281 e. The first-order chi connectivity index (χ1) is 12.6. The van der Waals surface area contributed by atoms with Gasteiger partial charge in [0.25, 0.3) is 11.8 Å². The molecule has 146 valence electrons. The molecular weight excluding hydrogens is 344 g/mol. The lowest BCUT2D eigenvalue weighted by Crippen LogP contribution is -3.11. The van der Waals surface area contributed by atoms with Crippen LogP contribution in [0.2, 0.25) is 0 Å². The van der Waals surface area contributed by atoms with E-state index in [1.807, 2.05) is 52.8 Å². The van der Waals surface area contributed by atoms with Crippen LogP contribution < -0.4 is 15.5 Å². The summed E-state index contributed by atoms with van der Waals surface area (Å²) in [6.45, 7) is 10.4. The lowest BCUT2D eigenvalue weighted by Gasteiger charge is -2.14. The molecule has 0 fully saturated rings. The van der Waals surface area contributed by atoms with Crippen LogP contribution in [0, 0.1) is 13.8 Å². The van der Waals surface area contributed by atoms with Crippen LogP contribution in [-0.2, 0) is 15.0 Å². The number of benzene rings is 1. The van der Waals surface area contributed by atoms with Gasteiger partial charge in [-0.15, -0.1) is 0 Å². The number of amides is 2. The minimum atomic E-state index is -0.233. The number of anilines is 2. The quantitative estimate of drug-likeness (QED) is 0.719. The highest BCUT2D eigenvalue weighted by Crippen LogP contribution is 2.23. The Labute approximate surface area is 160 Å². The maximum atomic E-state index is 12.2. The molecule has 2 aromatic rings. The van der Waals surface area contributed by atoms with Gasteiger partial charge < -0.3 is 14.7 Å². The third-order valence-corrected chi connectivity index (χ3v) is 4.34. The highest BCUT2D eigenvalue weighted by molar-refractivity contribution is 5.93. The van der Waals surface area contributed by atoms with E-state index < -0.39 is 0 Å². The van der Waals surface area contributed by atoms with Crippen LogP contribution in [0.1, 0.15) is 37.6 Å².